The minimum Gasteiger partial charge on any atom is -0.479 e. The molecule has 5 unspecified atom stereocenters. The van der Waals surface area contributed by atoms with Gasteiger partial charge in [0.2, 0.25) is 0 Å². The average Bonchev–Trinajstić information content (AvgIpc) is 3.11. The number of aliphatic hydroxyl groups is 5. The van der Waals surface area contributed by atoms with Gasteiger partial charge in [-0.2, -0.15) is 13.2 Å². The molecule has 1 saturated carbocycles. The first kappa shape index (κ1) is 44.2. The van der Waals surface area contributed by atoms with Crippen molar-refractivity contribution >= 4 is 17.8 Å². The number of nitrogens with one attached hydrogen (secondary N) is 1. The third-order valence-corrected chi connectivity index (χ3v) is 9.85. The van der Waals surface area contributed by atoms with E-state index in [2.05, 4.69) is 0 Å². The van der Waals surface area contributed by atoms with Gasteiger partial charge in [-0.15, -0.1) is 0 Å². The van der Waals surface area contributed by atoms with Gasteiger partial charge < -0.3 is 64.4 Å². The van der Waals surface area contributed by atoms with E-state index in [0.29, 0.717) is 25.7 Å². The lowest BCUT2D eigenvalue weighted by molar-refractivity contribution is -0.316. The van der Waals surface area contributed by atoms with Gasteiger partial charge in [0.15, 0.2) is 18.7 Å². The largest absolute Gasteiger partial charge is 0.479 e. The fraction of sp³-hybridized carbons (Fsp3) is 0.909. The molecule has 3 rings (SSSR count). The van der Waals surface area contributed by atoms with Crippen molar-refractivity contribution in [3.8, 4) is 0 Å². The number of aliphatic carboxylic acids is 1. The lowest BCUT2D eigenvalue weighted by atomic mass is 9.85. The maximum atomic E-state index is 13.7. The number of carbonyl (C=O) groups excluding carboxylic acids is 2. The van der Waals surface area contributed by atoms with Crippen molar-refractivity contribution in [3.63, 3.8) is 0 Å². The van der Waals surface area contributed by atoms with Crippen LogP contribution in [-0.4, -0.2) is 149 Å². The van der Waals surface area contributed by atoms with Crippen molar-refractivity contribution in [2.45, 2.75) is 158 Å². The van der Waals surface area contributed by atoms with Crippen LogP contribution in [0.4, 0.5) is 13.2 Å². The topological polar surface area (TPSA) is 240 Å². The molecule has 52 heavy (non-hydrogen) atoms. The molecule has 16 nitrogen and oxygen atoms in total. The van der Waals surface area contributed by atoms with Gasteiger partial charge in [-0.05, 0) is 32.1 Å². The van der Waals surface area contributed by atoms with Crippen LogP contribution < -0.4 is 5.32 Å². The highest BCUT2D eigenvalue weighted by Gasteiger charge is 2.52. The van der Waals surface area contributed by atoms with Crippen LogP contribution in [0.3, 0.4) is 0 Å². The lowest BCUT2D eigenvalue weighted by Gasteiger charge is -2.46. The normalized spacial score (nSPS) is 33.5. The quantitative estimate of drug-likeness (QED) is 0.0943. The molecular formula is C33H54F3NO15. The summed E-state index contributed by atoms with van der Waals surface area (Å²) in [5.41, 5.74) is 0. The average molecular weight is 762 g/mol. The highest BCUT2D eigenvalue weighted by Crippen LogP contribution is 2.33. The number of carbonyl (C=O) groups is 3. The Morgan fingerprint density at radius 1 is 0.942 bits per heavy atom. The van der Waals surface area contributed by atoms with Crippen LogP contribution in [0.15, 0.2) is 0 Å². The Bertz CT molecular complexity index is 1130. The molecule has 302 valence electrons. The summed E-state index contributed by atoms with van der Waals surface area (Å²) in [7, 11) is 1.16. The molecule has 2 heterocycles. The number of methoxy groups -OCH3 is 1. The van der Waals surface area contributed by atoms with Crippen molar-refractivity contribution in [1.29, 1.82) is 0 Å². The molecule has 7 N–H and O–H groups in total. The number of hydrogen-bond acceptors (Lipinski definition) is 14. The van der Waals surface area contributed by atoms with Gasteiger partial charge in [0, 0.05) is 0 Å². The monoisotopic (exact) mass is 761 g/mol. The van der Waals surface area contributed by atoms with Gasteiger partial charge in [0.1, 0.15) is 42.7 Å². The molecular weight excluding hydrogens is 707 g/mol. The Morgan fingerprint density at radius 3 is 2.19 bits per heavy atom. The van der Waals surface area contributed by atoms with Crippen LogP contribution >= 0.6 is 0 Å². The van der Waals surface area contributed by atoms with Crippen LogP contribution in [0, 0.1) is 11.8 Å². The van der Waals surface area contributed by atoms with E-state index in [1.807, 2.05) is 6.92 Å². The highest BCUT2D eigenvalue weighted by molar-refractivity contribution is 5.82. The van der Waals surface area contributed by atoms with Crippen LogP contribution in [0.25, 0.3) is 0 Å². The molecule has 0 bridgehead atoms. The molecule has 3 fully saturated rings. The van der Waals surface area contributed by atoms with Crippen LogP contribution in [0.2, 0.25) is 0 Å². The summed E-state index contributed by atoms with van der Waals surface area (Å²) < 4.78 is 74.7. The first-order chi connectivity index (χ1) is 24.5. The van der Waals surface area contributed by atoms with E-state index in [1.165, 1.54) is 6.92 Å². The first-order valence-electron chi connectivity index (χ1n) is 17.8. The number of hydrogen-bond donors (Lipinski definition) is 7. The van der Waals surface area contributed by atoms with Gasteiger partial charge >= 0.3 is 24.0 Å². The zero-order chi connectivity index (χ0) is 38.7. The number of carboxylic acids is 1. The van der Waals surface area contributed by atoms with E-state index in [9.17, 15) is 58.2 Å². The Labute approximate surface area is 299 Å². The number of alkyl halides is 3. The summed E-state index contributed by atoms with van der Waals surface area (Å²) >= 11 is 0. The number of halogens is 3. The molecule has 0 spiro atoms. The van der Waals surface area contributed by atoms with Crippen molar-refractivity contribution in [1.82, 2.24) is 5.32 Å². The maximum absolute atomic E-state index is 13.7. The molecule has 0 aromatic rings. The summed E-state index contributed by atoms with van der Waals surface area (Å²) in [6, 6.07) is -2.02. The summed E-state index contributed by atoms with van der Waals surface area (Å²) in [5, 5.41) is 63.9. The minimum atomic E-state index is -5.45. The van der Waals surface area contributed by atoms with Crippen molar-refractivity contribution in [3.05, 3.63) is 0 Å². The Kier molecular flexibility index (Phi) is 17.4. The fourth-order valence-corrected chi connectivity index (χ4v) is 6.83. The molecule has 3 aliphatic rings. The van der Waals surface area contributed by atoms with Gasteiger partial charge in [0.25, 0.3) is 0 Å². The van der Waals surface area contributed by atoms with E-state index in [0.717, 1.165) is 26.4 Å². The van der Waals surface area contributed by atoms with Crippen LogP contribution in [-0.2, 0) is 42.8 Å². The SMILES string of the molecule is CCCCC(C[C@H](COC1O[C@@H](C)C(O)[C@H](O)[C@@H]1O)O[C@@H]1O[C@@H](CO)[C@H](O)C(O[C@@H](CC2CCCCC2)C(=O)O)C1NC(=O)C(F)(F)F)C(=O)OC. The number of amides is 1. The number of rotatable bonds is 18. The van der Waals surface area contributed by atoms with E-state index < -0.39 is 117 Å². The van der Waals surface area contributed by atoms with Gasteiger partial charge in [0.05, 0.1) is 38.4 Å². The van der Waals surface area contributed by atoms with Crippen LogP contribution in [0.5, 0.6) is 0 Å². The predicted octanol–water partition coefficient (Wildman–Crippen LogP) is 0.519. The predicted molar refractivity (Wildman–Crippen MR) is 170 cm³/mol. The zero-order valence-electron chi connectivity index (χ0n) is 29.6. The Balaban J connectivity index is 1.99. The zero-order valence-corrected chi connectivity index (χ0v) is 29.6. The third kappa shape index (κ3) is 12.2. The second-order valence-electron chi connectivity index (χ2n) is 13.8. The van der Waals surface area contributed by atoms with Crippen LogP contribution in [0.1, 0.15) is 78.1 Å². The number of ether oxygens (including phenoxy) is 6. The first-order valence-corrected chi connectivity index (χ1v) is 17.8. The van der Waals surface area contributed by atoms with Crippen molar-refractivity contribution < 1.29 is 86.6 Å². The molecule has 13 atom stereocenters. The molecule has 0 aromatic carbocycles. The lowest BCUT2D eigenvalue weighted by Crippen LogP contribution is -2.67. The second-order valence-corrected chi connectivity index (χ2v) is 13.8. The second kappa shape index (κ2) is 20.5. The Morgan fingerprint density at radius 2 is 1.62 bits per heavy atom. The third-order valence-electron chi connectivity index (χ3n) is 9.85. The number of esters is 1. The van der Waals surface area contributed by atoms with E-state index in [1.54, 1.807) is 5.32 Å². The van der Waals surface area contributed by atoms with Gasteiger partial charge in [-0.25, -0.2) is 4.79 Å². The fourth-order valence-electron chi connectivity index (χ4n) is 6.83. The molecule has 19 heteroatoms. The molecule has 1 amide bonds. The van der Waals surface area contributed by atoms with E-state index >= 15 is 0 Å². The molecule has 0 aromatic heterocycles. The molecule has 2 saturated heterocycles. The standard InChI is InChI=1S/C33H54F3NO15/c1-4-5-11-18(29(45)47-3)13-19(15-48-31-26(42)25(41)23(39)16(2)49-31)50-30-22(37-32(46)33(34,35)36)27(24(40)21(14-38)52-30)51-20(28(43)44)12-17-9-7-6-8-10-17/h16-27,30-31,38-42H,4-15H2,1-3H3,(H,37,46)(H,43,44)/t16-,18?,19+,20-,21-,22?,23?,24-,25-,26-,27?,30+,31?/m0/s1. The highest BCUT2D eigenvalue weighted by atomic mass is 19.4. The maximum Gasteiger partial charge on any atom is 0.471 e. The summed E-state index contributed by atoms with van der Waals surface area (Å²) in [5.74, 6) is -5.56. The molecule has 2 aliphatic heterocycles. The van der Waals surface area contributed by atoms with Crippen molar-refractivity contribution in [2.75, 3.05) is 20.3 Å². The van der Waals surface area contributed by atoms with Gasteiger partial charge in [-0.1, -0.05) is 51.9 Å². The summed E-state index contributed by atoms with van der Waals surface area (Å²) in [4.78, 5) is 37.5. The molecule has 0 radical (unpaired) electrons. The number of carboxylic acid groups (broad SMARTS) is 1. The van der Waals surface area contributed by atoms with E-state index in [-0.39, 0.29) is 25.2 Å². The number of aliphatic hydroxyl groups excluding tert-OH is 5. The van der Waals surface area contributed by atoms with Gasteiger partial charge in [-0.3, -0.25) is 9.59 Å². The smallest absolute Gasteiger partial charge is 0.471 e. The van der Waals surface area contributed by atoms with Crippen molar-refractivity contribution in [2.24, 2.45) is 11.8 Å². The Hall–Kier alpha value is -2.20. The van der Waals surface area contributed by atoms with E-state index in [4.69, 9.17) is 28.4 Å². The summed E-state index contributed by atoms with van der Waals surface area (Å²) in [6.07, 6.45) is -18.0. The minimum absolute atomic E-state index is 0.0357. The summed E-state index contributed by atoms with van der Waals surface area (Å²) in [6.45, 7) is 1.78. The molecule has 1 aliphatic carbocycles. The number of unbranched alkanes of at least 4 members (excludes halogenated alkanes) is 1.